The number of nitro benzene ring substituents is 1. The van der Waals surface area contributed by atoms with E-state index in [1.54, 1.807) is 18.2 Å². The number of nitrogens with one attached hydrogen (secondary N) is 2. The number of halogens is 2. The molecular formula is C19H16Cl2N4O5. The summed E-state index contributed by atoms with van der Waals surface area (Å²) in [6.07, 6.45) is -1.28. The van der Waals surface area contributed by atoms with Crippen molar-refractivity contribution in [3.05, 3.63) is 79.9 Å². The maximum absolute atomic E-state index is 12.5. The molecule has 0 radical (unpaired) electrons. The number of hydrogen-bond acceptors (Lipinski definition) is 6. The number of carbonyl (C=O) groups is 1. The number of hydrogen-bond donors (Lipinski definition) is 4. The number of aromatic nitrogens is 2. The van der Waals surface area contributed by atoms with Gasteiger partial charge in [-0.1, -0.05) is 23.2 Å². The summed E-state index contributed by atoms with van der Waals surface area (Å²) in [5.74, 6) is -0.612. The SMILES string of the molecule is O=C(NC(CO)C(O)c1ccc([N+](=O)[O-])cc1)c1cc(-c2ccc(Cl)cc2Cl)n[nH]1. The number of carbonyl (C=O) groups excluding carboxylic acids is 1. The van der Waals surface area contributed by atoms with Gasteiger partial charge >= 0.3 is 0 Å². The molecule has 1 amide bonds. The van der Waals surface area contributed by atoms with E-state index < -0.39 is 29.6 Å². The maximum atomic E-state index is 12.5. The number of rotatable bonds is 7. The Labute approximate surface area is 180 Å². The molecule has 2 aromatic carbocycles. The van der Waals surface area contributed by atoms with Crippen molar-refractivity contribution < 1.29 is 19.9 Å². The van der Waals surface area contributed by atoms with Crippen molar-refractivity contribution in [1.82, 2.24) is 15.5 Å². The topological polar surface area (TPSA) is 141 Å². The van der Waals surface area contributed by atoms with Gasteiger partial charge in [-0.15, -0.1) is 0 Å². The fourth-order valence-electron chi connectivity index (χ4n) is 2.77. The van der Waals surface area contributed by atoms with Crippen LogP contribution in [0.1, 0.15) is 22.2 Å². The van der Waals surface area contributed by atoms with Crippen molar-refractivity contribution in [2.75, 3.05) is 6.61 Å². The number of H-pyrrole nitrogens is 1. The molecule has 1 aromatic heterocycles. The molecule has 1 heterocycles. The first-order valence-electron chi connectivity index (χ1n) is 8.65. The molecule has 0 saturated carbocycles. The Morgan fingerprint density at radius 3 is 2.50 bits per heavy atom. The second-order valence-corrected chi connectivity index (χ2v) is 7.19. The van der Waals surface area contributed by atoms with E-state index in [4.69, 9.17) is 23.2 Å². The van der Waals surface area contributed by atoms with Crippen LogP contribution in [0.4, 0.5) is 5.69 Å². The Balaban J connectivity index is 1.73. The van der Waals surface area contributed by atoms with Gasteiger partial charge in [0.25, 0.3) is 11.6 Å². The first kappa shape index (κ1) is 21.7. The zero-order chi connectivity index (χ0) is 21.8. The van der Waals surface area contributed by atoms with E-state index in [0.717, 1.165) is 0 Å². The lowest BCUT2D eigenvalue weighted by Gasteiger charge is -2.22. The van der Waals surface area contributed by atoms with Crippen LogP contribution in [0.5, 0.6) is 0 Å². The van der Waals surface area contributed by atoms with Crippen LogP contribution in [0.3, 0.4) is 0 Å². The number of aromatic amines is 1. The van der Waals surface area contributed by atoms with Gasteiger partial charge < -0.3 is 15.5 Å². The minimum absolute atomic E-state index is 0.0883. The van der Waals surface area contributed by atoms with Crippen LogP contribution in [0.2, 0.25) is 10.0 Å². The van der Waals surface area contributed by atoms with Gasteiger partial charge in [0.05, 0.1) is 28.3 Å². The zero-order valence-corrected chi connectivity index (χ0v) is 16.8. The fourth-order valence-corrected chi connectivity index (χ4v) is 3.27. The third-order valence-corrected chi connectivity index (χ3v) is 4.92. The van der Waals surface area contributed by atoms with Crippen molar-refractivity contribution in [3.63, 3.8) is 0 Å². The summed E-state index contributed by atoms with van der Waals surface area (Å²) in [5, 5.41) is 40.8. The quantitative estimate of drug-likeness (QED) is 0.321. The summed E-state index contributed by atoms with van der Waals surface area (Å²) >= 11 is 12.0. The summed E-state index contributed by atoms with van der Waals surface area (Å²) < 4.78 is 0. The van der Waals surface area contributed by atoms with Gasteiger partial charge in [-0.2, -0.15) is 5.10 Å². The van der Waals surface area contributed by atoms with E-state index >= 15 is 0 Å². The zero-order valence-electron chi connectivity index (χ0n) is 15.3. The Morgan fingerprint density at radius 2 is 1.90 bits per heavy atom. The lowest BCUT2D eigenvalue weighted by Crippen LogP contribution is -2.42. The summed E-state index contributed by atoms with van der Waals surface area (Å²) in [5.41, 5.74) is 1.24. The van der Waals surface area contributed by atoms with Crippen LogP contribution in [-0.2, 0) is 0 Å². The second-order valence-electron chi connectivity index (χ2n) is 6.35. The molecule has 2 atom stereocenters. The van der Waals surface area contributed by atoms with Crippen LogP contribution < -0.4 is 5.32 Å². The number of non-ortho nitro benzene ring substituents is 1. The van der Waals surface area contributed by atoms with Crippen LogP contribution in [-0.4, -0.2) is 43.9 Å². The predicted octanol–water partition coefficient (Wildman–Crippen LogP) is 3.12. The van der Waals surface area contributed by atoms with Crippen LogP contribution in [0, 0.1) is 10.1 Å². The van der Waals surface area contributed by atoms with E-state index in [1.807, 2.05) is 0 Å². The van der Waals surface area contributed by atoms with E-state index in [0.29, 0.717) is 26.9 Å². The highest BCUT2D eigenvalue weighted by Crippen LogP contribution is 2.29. The average Bonchev–Trinajstić information content (AvgIpc) is 3.21. The smallest absolute Gasteiger partial charge is 0.269 e. The first-order valence-corrected chi connectivity index (χ1v) is 9.40. The van der Waals surface area contributed by atoms with Gasteiger partial charge in [-0.3, -0.25) is 20.0 Å². The fraction of sp³-hybridized carbons (Fsp3) is 0.158. The van der Waals surface area contributed by atoms with E-state index in [1.165, 1.54) is 30.3 Å². The Bertz CT molecular complexity index is 1070. The van der Waals surface area contributed by atoms with E-state index in [-0.39, 0.29) is 11.4 Å². The largest absolute Gasteiger partial charge is 0.394 e. The number of aliphatic hydroxyl groups is 2. The minimum Gasteiger partial charge on any atom is -0.394 e. The van der Waals surface area contributed by atoms with Crippen molar-refractivity contribution in [3.8, 4) is 11.3 Å². The Kier molecular flexibility index (Phi) is 6.68. The standard InChI is InChI=1S/C19H16Cl2N4O5/c20-11-3-6-13(14(21)7-11)15-8-16(24-23-15)19(28)22-17(9-26)18(27)10-1-4-12(5-2-10)25(29)30/h1-8,17-18,26-27H,9H2,(H,22,28)(H,23,24). The van der Waals surface area contributed by atoms with Crippen molar-refractivity contribution in [1.29, 1.82) is 0 Å². The summed E-state index contributed by atoms with van der Waals surface area (Å²) in [4.78, 5) is 22.7. The number of aliphatic hydroxyl groups excluding tert-OH is 2. The molecule has 30 heavy (non-hydrogen) atoms. The Hall–Kier alpha value is -2.98. The highest BCUT2D eigenvalue weighted by molar-refractivity contribution is 6.36. The highest BCUT2D eigenvalue weighted by atomic mass is 35.5. The van der Waals surface area contributed by atoms with Crippen molar-refractivity contribution >= 4 is 34.8 Å². The van der Waals surface area contributed by atoms with Crippen LogP contribution >= 0.6 is 23.2 Å². The number of nitro groups is 1. The molecule has 3 rings (SSSR count). The molecule has 0 fully saturated rings. The first-order chi connectivity index (χ1) is 14.3. The molecule has 0 aliphatic heterocycles. The molecule has 0 aliphatic carbocycles. The molecule has 0 bridgehead atoms. The molecule has 156 valence electrons. The molecule has 11 heteroatoms. The third-order valence-electron chi connectivity index (χ3n) is 4.37. The maximum Gasteiger partial charge on any atom is 0.269 e. The Morgan fingerprint density at radius 1 is 1.20 bits per heavy atom. The average molecular weight is 451 g/mol. The predicted molar refractivity (Wildman–Crippen MR) is 110 cm³/mol. The molecule has 4 N–H and O–H groups in total. The molecule has 0 aliphatic rings. The number of amides is 1. The van der Waals surface area contributed by atoms with Crippen molar-refractivity contribution in [2.45, 2.75) is 12.1 Å². The third kappa shape index (κ3) is 4.77. The monoisotopic (exact) mass is 450 g/mol. The molecule has 9 nitrogen and oxygen atoms in total. The van der Waals surface area contributed by atoms with E-state index in [9.17, 15) is 25.1 Å². The number of benzene rings is 2. The van der Waals surface area contributed by atoms with Gasteiger partial charge in [0.1, 0.15) is 11.8 Å². The lowest BCUT2D eigenvalue weighted by molar-refractivity contribution is -0.384. The van der Waals surface area contributed by atoms with Gasteiger partial charge in [-0.25, -0.2) is 0 Å². The second kappa shape index (κ2) is 9.23. The minimum atomic E-state index is -1.28. The normalized spacial score (nSPS) is 12.9. The molecule has 0 saturated heterocycles. The summed E-state index contributed by atoms with van der Waals surface area (Å²) in [7, 11) is 0. The van der Waals surface area contributed by atoms with Gasteiger partial charge in [0, 0.05) is 22.7 Å². The van der Waals surface area contributed by atoms with Crippen molar-refractivity contribution in [2.24, 2.45) is 0 Å². The van der Waals surface area contributed by atoms with Gasteiger partial charge in [0.2, 0.25) is 0 Å². The summed E-state index contributed by atoms with van der Waals surface area (Å²) in [6, 6.07) is 10.4. The molecule has 3 aromatic rings. The molecule has 0 spiro atoms. The van der Waals surface area contributed by atoms with Crippen LogP contribution in [0.15, 0.2) is 48.5 Å². The number of nitrogens with zero attached hydrogens (tertiary/aromatic N) is 2. The van der Waals surface area contributed by atoms with Gasteiger partial charge in [0.15, 0.2) is 0 Å². The highest BCUT2D eigenvalue weighted by Gasteiger charge is 2.24. The summed E-state index contributed by atoms with van der Waals surface area (Å²) in [6.45, 7) is -0.562. The molecule has 2 unspecified atom stereocenters. The molecular weight excluding hydrogens is 435 g/mol. The lowest BCUT2D eigenvalue weighted by atomic mass is 10.0. The van der Waals surface area contributed by atoms with E-state index in [2.05, 4.69) is 15.5 Å². The van der Waals surface area contributed by atoms with Crippen LogP contribution in [0.25, 0.3) is 11.3 Å². The van der Waals surface area contributed by atoms with Gasteiger partial charge in [-0.05, 0) is 42.0 Å².